The average molecular weight is 449 g/mol. The summed E-state index contributed by atoms with van der Waals surface area (Å²) in [5.41, 5.74) is 1.01. The van der Waals surface area contributed by atoms with Gasteiger partial charge in [0.1, 0.15) is 0 Å². The van der Waals surface area contributed by atoms with E-state index in [1.54, 1.807) is 30.0 Å². The molecule has 30 heavy (non-hydrogen) atoms. The quantitative estimate of drug-likeness (QED) is 0.418. The van der Waals surface area contributed by atoms with Crippen LogP contribution in [0.4, 0.5) is 5.69 Å². The molecule has 1 amide bonds. The zero-order chi connectivity index (χ0) is 21.4. The lowest BCUT2D eigenvalue weighted by atomic mass is 10.2. The van der Waals surface area contributed by atoms with Crippen molar-refractivity contribution in [1.82, 2.24) is 4.72 Å². The summed E-state index contributed by atoms with van der Waals surface area (Å²) in [5.74, 6) is 0.542. The molecule has 0 aromatic heterocycles. The van der Waals surface area contributed by atoms with Crippen molar-refractivity contribution in [2.24, 2.45) is 0 Å². The van der Waals surface area contributed by atoms with E-state index in [1.807, 2.05) is 25.1 Å². The molecule has 2 aromatic carbocycles. The van der Waals surface area contributed by atoms with Crippen molar-refractivity contribution in [1.29, 1.82) is 0 Å². The van der Waals surface area contributed by atoms with Gasteiger partial charge in [0.15, 0.2) is 0 Å². The highest BCUT2D eigenvalue weighted by atomic mass is 32.2. The third kappa shape index (κ3) is 6.31. The fourth-order valence-corrected chi connectivity index (χ4v) is 5.38. The van der Waals surface area contributed by atoms with Crippen molar-refractivity contribution < 1.29 is 17.9 Å². The summed E-state index contributed by atoms with van der Waals surface area (Å²) < 4.78 is 33.1. The van der Waals surface area contributed by atoms with E-state index in [2.05, 4.69) is 10.0 Å². The van der Waals surface area contributed by atoms with E-state index in [0.29, 0.717) is 17.8 Å². The molecule has 1 heterocycles. The van der Waals surface area contributed by atoms with Gasteiger partial charge in [-0.3, -0.25) is 4.79 Å². The third-order valence-electron chi connectivity index (χ3n) is 4.81. The van der Waals surface area contributed by atoms with Gasteiger partial charge in [0.05, 0.1) is 16.6 Å². The predicted molar refractivity (Wildman–Crippen MR) is 121 cm³/mol. The summed E-state index contributed by atoms with van der Waals surface area (Å²) in [7, 11) is -3.60. The molecule has 162 valence electrons. The molecule has 0 aliphatic carbocycles. The number of anilines is 1. The van der Waals surface area contributed by atoms with Gasteiger partial charge >= 0.3 is 0 Å². The molecule has 1 aliphatic heterocycles. The fraction of sp³-hybridized carbons (Fsp3) is 0.409. The molecule has 2 aromatic rings. The maximum Gasteiger partial charge on any atom is 0.256 e. The van der Waals surface area contributed by atoms with Gasteiger partial charge in [0, 0.05) is 29.5 Å². The van der Waals surface area contributed by atoms with Crippen LogP contribution in [0.15, 0.2) is 58.3 Å². The number of nitrogens with one attached hydrogen (secondary N) is 2. The fourth-order valence-electron chi connectivity index (χ4n) is 3.14. The Morgan fingerprint density at radius 3 is 2.80 bits per heavy atom. The molecule has 0 radical (unpaired) electrons. The summed E-state index contributed by atoms with van der Waals surface area (Å²) >= 11 is 1.61. The van der Waals surface area contributed by atoms with E-state index in [1.165, 1.54) is 12.1 Å². The molecule has 1 aliphatic rings. The van der Waals surface area contributed by atoms with Crippen molar-refractivity contribution in [2.75, 3.05) is 24.2 Å². The number of carbonyl (C=O) groups excluding carboxylic acids is 1. The van der Waals surface area contributed by atoms with Crippen molar-refractivity contribution in [3.05, 3.63) is 54.1 Å². The van der Waals surface area contributed by atoms with E-state index < -0.39 is 10.0 Å². The number of benzene rings is 2. The Bertz CT molecular complexity index is 957. The van der Waals surface area contributed by atoms with E-state index in [0.717, 1.165) is 42.9 Å². The Kier molecular flexibility index (Phi) is 8.32. The van der Waals surface area contributed by atoms with E-state index >= 15 is 0 Å². The van der Waals surface area contributed by atoms with Crippen LogP contribution in [0.1, 0.15) is 43.0 Å². The molecule has 0 saturated carbocycles. The van der Waals surface area contributed by atoms with Crippen LogP contribution in [0, 0.1) is 0 Å². The van der Waals surface area contributed by atoms with Gasteiger partial charge < -0.3 is 10.1 Å². The highest BCUT2D eigenvalue weighted by Crippen LogP contribution is 2.27. The first-order valence-electron chi connectivity index (χ1n) is 10.2. The first kappa shape index (κ1) is 22.8. The number of thioether (sulfide) groups is 1. The Labute approximate surface area is 182 Å². The molecule has 3 rings (SSSR count). The Hall–Kier alpha value is -1.87. The van der Waals surface area contributed by atoms with Crippen molar-refractivity contribution in [3.8, 4) is 0 Å². The first-order chi connectivity index (χ1) is 14.5. The predicted octanol–water partition coefficient (Wildman–Crippen LogP) is 4.29. The van der Waals surface area contributed by atoms with Crippen LogP contribution < -0.4 is 10.0 Å². The molecular formula is C22H28N2O4S2. The number of carbonyl (C=O) groups is 1. The van der Waals surface area contributed by atoms with Crippen LogP contribution in [-0.4, -0.2) is 39.3 Å². The normalized spacial score (nSPS) is 16.5. The Balaban J connectivity index is 1.69. The van der Waals surface area contributed by atoms with Crippen LogP contribution in [0.25, 0.3) is 0 Å². The smallest absolute Gasteiger partial charge is 0.256 e. The second-order valence-electron chi connectivity index (χ2n) is 7.18. The topological polar surface area (TPSA) is 84.5 Å². The number of hydrogen-bond donors (Lipinski definition) is 2. The maximum absolute atomic E-state index is 12.9. The minimum absolute atomic E-state index is 0.137. The van der Waals surface area contributed by atoms with Gasteiger partial charge in [0.25, 0.3) is 5.91 Å². The lowest BCUT2D eigenvalue weighted by Crippen LogP contribution is -2.24. The van der Waals surface area contributed by atoms with E-state index in [-0.39, 0.29) is 16.9 Å². The molecule has 1 unspecified atom stereocenters. The molecular weight excluding hydrogens is 420 g/mol. The van der Waals surface area contributed by atoms with Crippen molar-refractivity contribution in [3.63, 3.8) is 0 Å². The van der Waals surface area contributed by atoms with Gasteiger partial charge in [-0.2, -0.15) is 0 Å². The Morgan fingerprint density at radius 1 is 1.20 bits per heavy atom. The molecule has 1 atom stereocenters. The van der Waals surface area contributed by atoms with Gasteiger partial charge in [-0.15, -0.1) is 11.8 Å². The summed E-state index contributed by atoms with van der Waals surface area (Å²) in [6, 6.07) is 13.7. The average Bonchev–Trinajstić information content (AvgIpc) is 3.26. The number of hydrogen-bond acceptors (Lipinski definition) is 5. The highest BCUT2D eigenvalue weighted by molar-refractivity contribution is 7.99. The molecule has 1 saturated heterocycles. The number of sulfonamides is 1. The number of ether oxygens (including phenoxy) is 1. The molecule has 8 heteroatoms. The van der Waals surface area contributed by atoms with Gasteiger partial charge in [-0.05, 0) is 49.6 Å². The second-order valence-corrected chi connectivity index (χ2v) is 10.0. The van der Waals surface area contributed by atoms with Gasteiger partial charge in [-0.25, -0.2) is 13.1 Å². The van der Waals surface area contributed by atoms with Crippen LogP contribution >= 0.6 is 11.8 Å². The van der Waals surface area contributed by atoms with Crippen LogP contribution in [0.3, 0.4) is 0 Å². The van der Waals surface area contributed by atoms with Crippen LogP contribution in [-0.2, 0) is 14.8 Å². The minimum Gasteiger partial charge on any atom is -0.377 e. The molecule has 6 nitrogen and oxygen atoms in total. The molecule has 0 spiro atoms. The lowest BCUT2D eigenvalue weighted by molar-refractivity contribution is 0.102. The Morgan fingerprint density at radius 2 is 2.03 bits per heavy atom. The maximum atomic E-state index is 12.9. The van der Waals surface area contributed by atoms with Crippen LogP contribution in [0.5, 0.6) is 0 Å². The summed E-state index contributed by atoms with van der Waals surface area (Å²) in [6.07, 6.45) is 4.04. The van der Waals surface area contributed by atoms with Crippen molar-refractivity contribution in [2.45, 2.75) is 48.5 Å². The van der Waals surface area contributed by atoms with Gasteiger partial charge in [0.2, 0.25) is 10.0 Å². The summed E-state index contributed by atoms with van der Waals surface area (Å²) in [5, 5.41) is 2.83. The highest BCUT2D eigenvalue weighted by Gasteiger charge is 2.19. The molecule has 1 fully saturated rings. The van der Waals surface area contributed by atoms with Gasteiger partial charge in [-0.1, -0.05) is 31.5 Å². The first-order valence-corrected chi connectivity index (χ1v) is 12.7. The number of amides is 1. The van der Waals surface area contributed by atoms with Crippen LogP contribution in [0.2, 0.25) is 0 Å². The van der Waals surface area contributed by atoms with Crippen molar-refractivity contribution >= 4 is 33.4 Å². The summed E-state index contributed by atoms with van der Waals surface area (Å²) in [4.78, 5) is 13.9. The SMILES string of the molecule is CCCCNS(=O)(=O)c1cccc(NC(=O)c2ccccc2SCC2CCCO2)c1. The third-order valence-corrected chi connectivity index (χ3v) is 7.47. The van der Waals surface area contributed by atoms with E-state index in [9.17, 15) is 13.2 Å². The standard InChI is InChI=1S/C22H28N2O4S2/c1-2-3-13-23-30(26,27)19-10-6-8-17(15-19)24-22(25)20-11-4-5-12-21(20)29-16-18-9-7-14-28-18/h4-6,8,10-12,15,18,23H,2-3,7,9,13-14,16H2,1H3,(H,24,25). The van der Waals surface area contributed by atoms with E-state index in [4.69, 9.17) is 4.74 Å². The largest absolute Gasteiger partial charge is 0.377 e. The number of rotatable bonds is 10. The monoisotopic (exact) mass is 448 g/mol. The minimum atomic E-state index is -3.60. The lowest BCUT2D eigenvalue weighted by Gasteiger charge is -2.13. The molecule has 0 bridgehead atoms. The zero-order valence-corrected chi connectivity index (χ0v) is 18.7. The summed E-state index contributed by atoms with van der Waals surface area (Å²) in [6.45, 7) is 3.20. The zero-order valence-electron chi connectivity index (χ0n) is 17.1. The molecule has 2 N–H and O–H groups in total. The second kappa shape index (κ2) is 10.9. The number of unbranched alkanes of at least 4 members (excludes halogenated alkanes) is 1.